The topological polar surface area (TPSA) is 68.8 Å². The second kappa shape index (κ2) is 12.3. The van der Waals surface area contributed by atoms with Crippen LogP contribution in [0.4, 0.5) is 5.69 Å². The Morgan fingerprint density at radius 3 is 2.28 bits per heavy atom. The molecule has 0 saturated heterocycles. The maximum Gasteiger partial charge on any atom is 0.261 e. The molecule has 0 atom stereocenters. The summed E-state index contributed by atoms with van der Waals surface area (Å²) < 4.78 is 17.0. The Bertz CT molecular complexity index is 1030. The molecule has 3 aromatic carbocycles. The van der Waals surface area contributed by atoms with Gasteiger partial charge in [0.15, 0.2) is 5.11 Å². The van der Waals surface area contributed by atoms with E-state index >= 15 is 0 Å². The van der Waals surface area contributed by atoms with E-state index < -0.39 is 0 Å². The van der Waals surface area contributed by atoms with E-state index in [-0.39, 0.29) is 11.0 Å². The van der Waals surface area contributed by atoms with Crippen molar-refractivity contribution in [3.8, 4) is 17.2 Å². The van der Waals surface area contributed by atoms with Gasteiger partial charge in [-0.05, 0) is 55.0 Å². The van der Waals surface area contributed by atoms with Gasteiger partial charge in [-0.15, -0.1) is 0 Å². The largest absolute Gasteiger partial charge is 0.493 e. The van der Waals surface area contributed by atoms with Gasteiger partial charge in [-0.2, -0.15) is 0 Å². The van der Waals surface area contributed by atoms with Gasteiger partial charge in [0, 0.05) is 11.8 Å². The first-order chi connectivity index (χ1) is 15.7. The lowest BCUT2D eigenvalue weighted by Crippen LogP contribution is -2.34. The number of nitrogens with one attached hydrogen (secondary N) is 2. The Morgan fingerprint density at radius 2 is 1.50 bits per heavy atom. The first-order valence-electron chi connectivity index (χ1n) is 10.4. The highest BCUT2D eigenvalue weighted by Gasteiger charge is 2.13. The van der Waals surface area contributed by atoms with Crippen LogP contribution >= 0.6 is 12.2 Å². The molecule has 7 heteroatoms. The van der Waals surface area contributed by atoms with E-state index in [1.165, 1.54) is 0 Å². The van der Waals surface area contributed by atoms with E-state index in [9.17, 15) is 4.79 Å². The highest BCUT2D eigenvalue weighted by Crippen LogP contribution is 2.19. The molecule has 0 aliphatic rings. The number of hydrogen-bond donors (Lipinski definition) is 2. The Morgan fingerprint density at radius 1 is 0.812 bits per heavy atom. The predicted molar refractivity (Wildman–Crippen MR) is 130 cm³/mol. The molecule has 0 fully saturated rings. The second-order valence-electron chi connectivity index (χ2n) is 6.79. The minimum absolute atomic E-state index is 0.185. The van der Waals surface area contributed by atoms with Crippen molar-refractivity contribution in [3.05, 3.63) is 84.4 Å². The quantitative estimate of drug-likeness (QED) is 0.332. The number of para-hydroxylation sites is 2. The van der Waals surface area contributed by atoms with E-state index in [4.69, 9.17) is 26.4 Å². The first kappa shape index (κ1) is 23.1. The molecule has 0 aliphatic carbocycles. The van der Waals surface area contributed by atoms with Crippen LogP contribution in [-0.4, -0.2) is 30.8 Å². The highest BCUT2D eigenvalue weighted by molar-refractivity contribution is 7.80. The summed E-state index contributed by atoms with van der Waals surface area (Å²) in [4.78, 5) is 12.6. The van der Waals surface area contributed by atoms with Crippen LogP contribution in [-0.2, 0) is 0 Å². The number of rotatable bonds is 10. The van der Waals surface area contributed by atoms with Crippen molar-refractivity contribution in [2.24, 2.45) is 0 Å². The van der Waals surface area contributed by atoms with Crippen molar-refractivity contribution in [1.29, 1.82) is 0 Å². The van der Waals surface area contributed by atoms with Crippen molar-refractivity contribution >= 4 is 28.9 Å². The summed E-state index contributed by atoms with van der Waals surface area (Å²) in [6.07, 6.45) is 0.854. The molecule has 1 amide bonds. The Hall–Kier alpha value is -3.58. The molecular formula is C25H26N2O4S. The lowest BCUT2D eigenvalue weighted by molar-refractivity contribution is 0.0973. The van der Waals surface area contributed by atoms with Gasteiger partial charge in [0.2, 0.25) is 0 Å². The van der Waals surface area contributed by atoms with Gasteiger partial charge in [0.1, 0.15) is 30.5 Å². The summed E-state index contributed by atoms with van der Waals surface area (Å²) in [7, 11) is 0. The van der Waals surface area contributed by atoms with Gasteiger partial charge in [-0.1, -0.05) is 43.3 Å². The summed E-state index contributed by atoms with van der Waals surface area (Å²) in [5.74, 6) is 1.66. The fraction of sp³-hybridized carbons (Fsp3) is 0.200. The van der Waals surface area contributed by atoms with Crippen molar-refractivity contribution in [3.63, 3.8) is 0 Å². The van der Waals surface area contributed by atoms with Gasteiger partial charge < -0.3 is 19.5 Å². The number of carbonyl (C=O) groups excluding carboxylic acids is 1. The van der Waals surface area contributed by atoms with Gasteiger partial charge >= 0.3 is 0 Å². The van der Waals surface area contributed by atoms with E-state index in [2.05, 4.69) is 10.6 Å². The minimum atomic E-state index is -0.334. The molecule has 0 unspecified atom stereocenters. The third-order valence-electron chi connectivity index (χ3n) is 4.28. The zero-order valence-corrected chi connectivity index (χ0v) is 18.7. The lowest BCUT2D eigenvalue weighted by atomic mass is 10.2. The van der Waals surface area contributed by atoms with Crippen LogP contribution in [0.1, 0.15) is 23.7 Å². The number of amides is 1. The number of anilines is 1. The predicted octanol–water partition coefficient (Wildman–Crippen LogP) is 5.06. The van der Waals surface area contributed by atoms with E-state index in [0.717, 1.165) is 12.2 Å². The summed E-state index contributed by atoms with van der Waals surface area (Å²) in [6, 6.07) is 24.0. The number of ether oxygens (including phenoxy) is 3. The van der Waals surface area contributed by atoms with Crippen LogP contribution in [0, 0.1) is 0 Å². The maximum absolute atomic E-state index is 12.6. The van der Waals surface area contributed by atoms with Crippen LogP contribution in [0.25, 0.3) is 0 Å². The second-order valence-corrected chi connectivity index (χ2v) is 7.20. The molecule has 166 valence electrons. The summed E-state index contributed by atoms with van der Waals surface area (Å²) in [5, 5.41) is 5.89. The van der Waals surface area contributed by atoms with Crippen LogP contribution in [0.15, 0.2) is 78.9 Å². The Kier molecular flexibility index (Phi) is 8.89. The maximum atomic E-state index is 12.6. The van der Waals surface area contributed by atoms with Crippen LogP contribution in [0.5, 0.6) is 17.2 Å². The molecule has 6 nitrogen and oxygen atoms in total. The fourth-order valence-electron chi connectivity index (χ4n) is 2.82. The third-order valence-corrected chi connectivity index (χ3v) is 4.48. The first-order valence-corrected chi connectivity index (χ1v) is 10.8. The van der Waals surface area contributed by atoms with Crippen molar-refractivity contribution in [2.45, 2.75) is 13.3 Å². The number of benzene rings is 3. The lowest BCUT2D eigenvalue weighted by Gasteiger charge is -2.13. The molecule has 0 heterocycles. The molecule has 2 N–H and O–H groups in total. The minimum Gasteiger partial charge on any atom is -0.493 e. The smallest absolute Gasteiger partial charge is 0.261 e. The molecule has 0 spiro atoms. The van der Waals surface area contributed by atoms with Crippen molar-refractivity contribution < 1.29 is 19.0 Å². The number of carbonyl (C=O) groups is 1. The number of hydrogen-bond acceptors (Lipinski definition) is 5. The molecule has 0 aliphatic heterocycles. The summed E-state index contributed by atoms with van der Waals surface area (Å²) in [6.45, 7) is 3.37. The van der Waals surface area contributed by atoms with Crippen molar-refractivity contribution in [2.75, 3.05) is 25.1 Å². The molecule has 0 aromatic heterocycles. The standard InChI is InChI=1S/C25H26N2O4S/c1-2-15-31-23-14-7-6-13-22(23)24(28)27-25(32)26-19-9-8-12-21(18-19)30-17-16-29-20-10-4-3-5-11-20/h3-14,18H,2,15-17H2,1H3,(H2,26,27,28,32). The molecule has 0 bridgehead atoms. The summed E-state index contributed by atoms with van der Waals surface area (Å²) in [5.41, 5.74) is 1.13. The zero-order valence-electron chi connectivity index (χ0n) is 17.9. The Labute approximate surface area is 193 Å². The van der Waals surface area contributed by atoms with Gasteiger partial charge in [-0.25, -0.2) is 0 Å². The van der Waals surface area contributed by atoms with Crippen LogP contribution in [0.2, 0.25) is 0 Å². The van der Waals surface area contributed by atoms with E-state index in [1.54, 1.807) is 24.3 Å². The SMILES string of the molecule is CCCOc1ccccc1C(=O)NC(=S)Nc1cccc(OCCOc2ccccc2)c1. The van der Waals surface area contributed by atoms with Crippen LogP contribution in [0.3, 0.4) is 0 Å². The Balaban J connectivity index is 1.49. The third kappa shape index (κ3) is 7.28. The van der Waals surface area contributed by atoms with Gasteiger partial charge in [0.05, 0.1) is 12.2 Å². The molecule has 3 aromatic rings. The van der Waals surface area contributed by atoms with E-state index in [1.807, 2.05) is 61.5 Å². The molecule has 0 saturated carbocycles. The fourth-order valence-corrected chi connectivity index (χ4v) is 3.03. The highest BCUT2D eigenvalue weighted by atomic mass is 32.1. The molecular weight excluding hydrogens is 424 g/mol. The average molecular weight is 451 g/mol. The normalized spacial score (nSPS) is 10.2. The van der Waals surface area contributed by atoms with Gasteiger partial charge in [0.25, 0.3) is 5.91 Å². The van der Waals surface area contributed by atoms with E-state index in [0.29, 0.717) is 42.6 Å². The zero-order chi connectivity index (χ0) is 22.6. The molecule has 0 radical (unpaired) electrons. The van der Waals surface area contributed by atoms with Crippen molar-refractivity contribution in [1.82, 2.24) is 5.32 Å². The average Bonchev–Trinajstić information content (AvgIpc) is 2.81. The molecule has 32 heavy (non-hydrogen) atoms. The summed E-state index contributed by atoms with van der Waals surface area (Å²) >= 11 is 5.30. The monoisotopic (exact) mass is 450 g/mol. The van der Waals surface area contributed by atoms with Crippen LogP contribution < -0.4 is 24.8 Å². The molecule has 3 rings (SSSR count). The number of thiocarbonyl (C=S) groups is 1. The van der Waals surface area contributed by atoms with Gasteiger partial charge in [-0.3, -0.25) is 10.1 Å².